The number of aromatic carboxylic acids is 1. The SMILES string of the molecule is CC.CCc1cccc(C(=O)O)n1. The molecule has 0 unspecified atom stereocenters. The second-order valence-corrected chi connectivity index (χ2v) is 2.17. The Morgan fingerprint density at radius 1 is 1.46 bits per heavy atom. The largest absolute Gasteiger partial charge is 0.477 e. The van der Waals surface area contributed by atoms with Crippen LogP contribution in [0.5, 0.6) is 0 Å². The van der Waals surface area contributed by atoms with Gasteiger partial charge in [-0.05, 0) is 18.6 Å². The molecule has 72 valence electrons. The highest BCUT2D eigenvalue weighted by atomic mass is 16.4. The lowest BCUT2D eigenvalue weighted by Crippen LogP contribution is -2.01. The quantitative estimate of drug-likeness (QED) is 0.762. The Kier molecular flexibility index (Phi) is 5.52. The van der Waals surface area contributed by atoms with Gasteiger partial charge in [-0.3, -0.25) is 0 Å². The summed E-state index contributed by atoms with van der Waals surface area (Å²) >= 11 is 0. The lowest BCUT2D eigenvalue weighted by Gasteiger charge is -1.96. The molecule has 3 heteroatoms. The van der Waals surface area contributed by atoms with Crippen molar-refractivity contribution in [1.82, 2.24) is 4.98 Å². The van der Waals surface area contributed by atoms with E-state index in [1.165, 1.54) is 6.07 Å². The monoisotopic (exact) mass is 181 g/mol. The van der Waals surface area contributed by atoms with Crippen molar-refractivity contribution < 1.29 is 9.90 Å². The van der Waals surface area contributed by atoms with Gasteiger partial charge in [0.2, 0.25) is 0 Å². The zero-order chi connectivity index (χ0) is 10.3. The fraction of sp³-hybridized carbons (Fsp3) is 0.400. The molecule has 1 aromatic rings. The minimum absolute atomic E-state index is 0.115. The molecule has 1 rings (SSSR count). The first-order chi connectivity index (χ1) is 6.24. The molecule has 0 bridgehead atoms. The van der Waals surface area contributed by atoms with Gasteiger partial charge in [-0.15, -0.1) is 0 Å². The summed E-state index contributed by atoms with van der Waals surface area (Å²) in [4.78, 5) is 14.3. The minimum atomic E-state index is -0.972. The van der Waals surface area contributed by atoms with Crippen LogP contribution in [0.2, 0.25) is 0 Å². The zero-order valence-corrected chi connectivity index (χ0v) is 8.24. The molecular weight excluding hydrogens is 166 g/mol. The number of hydrogen-bond acceptors (Lipinski definition) is 2. The maximum atomic E-state index is 10.4. The van der Waals surface area contributed by atoms with Crippen LogP contribution in [0.15, 0.2) is 18.2 Å². The number of carbonyl (C=O) groups is 1. The van der Waals surface area contributed by atoms with E-state index >= 15 is 0 Å². The summed E-state index contributed by atoms with van der Waals surface area (Å²) in [5.41, 5.74) is 0.925. The number of rotatable bonds is 2. The lowest BCUT2D eigenvalue weighted by atomic mass is 10.2. The molecule has 0 fully saturated rings. The van der Waals surface area contributed by atoms with E-state index in [0.717, 1.165) is 12.1 Å². The highest BCUT2D eigenvalue weighted by Crippen LogP contribution is 1.99. The van der Waals surface area contributed by atoms with E-state index < -0.39 is 5.97 Å². The highest BCUT2D eigenvalue weighted by Gasteiger charge is 2.02. The Labute approximate surface area is 78.4 Å². The molecule has 0 radical (unpaired) electrons. The van der Waals surface area contributed by atoms with Crippen LogP contribution in [0.3, 0.4) is 0 Å². The van der Waals surface area contributed by atoms with Gasteiger partial charge in [0.05, 0.1) is 0 Å². The van der Waals surface area contributed by atoms with Gasteiger partial charge in [0.1, 0.15) is 5.69 Å². The maximum Gasteiger partial charge on any atom is 0.354 e. The molecule has 0 aliphatic rings. The van der Waals surface area contributed by atoms with Gasteiger partial charge in [-0.25, -0.2) is 9.78 Å². The van der Waals surface area contributed by atoms with Crippen LogP contribution in [0.1, 0.15) is 37.0 Å². The van der Waals surface area contributed by atoms with Crippen LogP contribution < -0.4 is 0 Å². The van der Waals surface area contributed by atoms with E-state index in [9.17, 15) is 4.79 Å². The van der Waals surface area contributed by atoms with Crippen LogP contribution in [-0.4, -0.2) is 16.1 Å². The molecule has 0 spiro atoms. The Morgan fingerprint density at radius 2 is 2.08 bits per heavy atom. The van der Waals surface area contributed by atoms with Gasteiger partial charge in [0.25, 0.3) is 0 Å². The molecule has 1 N–H and O–H groups in total. The van der Waals surface area contributed by atoms with Gasteiger partial charge in [-0.1, -0.05) is 26.8 Å². The number of aromatic nitrogens is 1. The second kappa shape index (κ2) is 6.17. The summed E-state index contributed by atoms with van der Waals surface area (Å²) in [6.45, 7) is 5.94. The van der Waals surface area contributed by atoms with Crippen molar-refractivity contribution in [2.24, 2.45) is 0 Å². The minimum Gasteiger partial charge on any atom is -0.477 e. The van der Waals surface area contributed by atoms with Gasteiger partial charge >= 0.3 is 5.97 Å². The Hall–Kier alpha value is -1.38. The molecule has 0 aliphatic heterocycles. The molecule has 0 atom stereocenters. The molecule has 3 nitrogen and oxygen atoms in total. The molecule has 0 saturated heterocycles. The van der Waals surface area contributed by atoms with Crippen LogP contribution in [0.25, 0.3) is 0 Å². The van der Waals surface area contributed by atoms with E-state index in [2.05, 4.69) is 4.98 Å². The molecule has 0 aromatic carbocycles. The fourth-order valence-electron chi connectivity index (χ4n) is 0.796. The molecule has 0 amide bonds. The lowest BCUT2D eigenvalue weighted by molar-refractivity contribution is 0.0690. The predicted octanol–water partition coefficient (Wildman–Crippen LogP) is 2.37. The average Bonchev–Trinajstić information content (AvgIpc) is 2.21. The van der Waals surface area contributed by atoms with E-state index in [4.69, 9.17) is 5.11 Å². The van der Waals surface area contributed by atoms with Crippen LogP contribution in [0.4, 0.5) is 0 Å². The molecule has 0 saturated carbocycles. The summed E-state index contributed by atoms with van der Waals surface area (Å²) in [7, 11) is 0. The summed E-state index contributed by atoms with van der Waals surface area (Å²) in [5, 5.41) is 8.54. The van der Waals surface area contributed by atoms with Crippen molar-refractivity contribution in [1.29, 1.82) is 0 Å². The smallest absolute Gasteiger partial charge is 0.354 e. The highest BCUT2D eigenvalue weighted by molar-refractivity contribution is 5.85. The third-order valence-electron chi connectivity index (χ3n) is 1.39. The van der Waals surface area contributed by atoms with Crippen molar-refractivity contribution in [3.05, 3.63) is 29.6 Å². The van der Waals surface area contributed by atoms with Gasteiger partial charge < -0.3 is 5.11 Å². The van der Waals surface area contributed by atoms with Crippen LogP contribution in [0, 0.1) is 0 Å². The van der Waals surface area contributed by atoms with Gasteiger partial charge in [-0.2, -0.15) is 0 Å². The van der Waals surface area contributed by atoms with Crippen LogP contribution in [-0.2, 0) is 6.42 Å². The predicted molar refractivity (Wildman–Crippen MR) is 51.9 cm³/mol. The van der Waals surface area contributed by atoms with Crippen molar-refractivity contribution in [3.63, 3.8) is 0 Å². The number of nitrogens with zero attached hydrogens (tertiary/aromatic N) is 1. The first-order valence-electron chi connectivity index (χ1n) is 4.43. The fourth-order valence-corrected chi connectivity index (χ4v) is 0.796. The first-order valence-corrected chi connectivity index (χ1v) is 4.43. The summed E-state index contributed by atoms with van der Waals surface area (Å²) in [6.07, 6.45) is 0.765. The Morgan fingerprint density at radius 3 is 2.54 bits per heavy atom. The van der Waals surface area contributed by atoms with E-state index in [-0.39, 0.29) is 5.69 Å². The summed E-state index contributed by atoms with van der Waals surface area (Å²) < 4.78 is 0. The molecule has 1 aromatic heterocycles. The second-order valence-electron chi connectivity index (χ2n) is 2.17. The van der Waals surface area contributed by atoms with Crippen LogP contribution >= 0.6 is 0 Å². The average molecular weight is 181 g/mol. The Balaban J connectivity index is 0.000000671. The number of aryl methyl sites for hydroxylation is 1. The molecule has 13 heavy (non-hydrogen) atoms. The number of carboxylic acid groups (broad SMARTS) is 1. The van der Waals surface area contributed by atoms with Crippen molar-refractivity contribution in [2.45, 2.75) is 27.2 Å². The van der Waals surface area contributed by atoms with Gasteiger partial charge in [0, 0.05) is 5.69 Å². The third-order valence-corrected chi connectivity index (χ3v) is 1.39. The van der Waals surface area contributed by atoms with Crippen molar-refractivity contribution in [3.8, 4) is 0 Å². The van der Waals surface area contributed by atoms with E-state index in [1.807, 2.05) is 26.8 Å². The maximum absolute atomic E-state index is 10.4. The van der Waals surface area contributed by atoms with Crippen molar-refractivity contribution >= 4 is 5.97 Å². The zero-order valence-electron chi connectivity index (χ0n) is 8.24. The molecular formula is C10H15NO2. The van der Waals surface area contributed by atoms with E-state index in [0.29, 0.717) is 0 Å². The Bertz CT molecular complexity index is 271. The normalized spacial score (nSPS) is 8.54. The first kappa shape index (κ1) is 11.6. The number of hydrogen-bond donors (Lipinski definition) is 1. The molecule has 1 heterocycles. The third kappa shape index (κ3) is 3.69. The van der Waals surface area contributed by atoms with Gasteiger partial charge in [0.15, 0.2) is 0 Å². The van der Waals surface area contributed by atoms with E-state index in [1.54, 1.807) is 6.07 Å². The topological polar surface area (TPSA) is 50.2 Å². The van der Waals surface area contributed by atoms with Crippen molar-refractivity contribution in [2.75, 3.05) is 0 Å². The summed E-state index contributed by atoms with van der Waals surface area (Å²) in [5.74, 6) is -0.972. The number of pyridine rings is 1. The molecule has 0 aliphatic carbocycles. The summed E-state index contributed by atoms with van der Waals surface area (Å²) in [6, 6.07) is 5.00. The standard InChI is InChI=1S/C8H9NO2.C2H6/c1-2-6-4-3-5-7(9-6)8(10)11;1-2/h3-5H,2H2,1H3,(H,10,11);1-2H3. The number of carboxylic acids is 1.